The average Bonchev–Trinajstić information content (AvgIpc) is 2.16. The molecule has 1 aromatic carbocycles. The smallest absolute Gasteiger partial charge is 0.235 e. The molecule has 14 heavy (non-hydrogen) atoms. The lowest BCUT2D eigenvalue weighted by Gasteiger charge is -2.14. The molecular formula is C11H14BrNO. The molecule has 1 unspecified atom stereocenters. The highest BCUT2D eigenvalue weighted by atomic mass is 79.9. The fourth-order valence-electron chi connectivity index (χ4n) is 1.42. The van der Waals surface area contributed by atoms with Crippen LogP contribution in [-0.2, 0) is 4.79 Å². The Hall–Kier alpha value is -0.830. The molecule has 0 aliphatic heterocycles. The number of hydrogen-bond acceptors (Lipinski definition) is 1. The van der Waals surface area contributed by atoms with Crippen molar-refractivity contribution in [3.8, 4) is 0 Å². The van der Waals surface area contributed by atoms with E-state index < -0.39 is 0 Å². The fourth-order valence-corrected chi connectivity index (χ4v) is 1.84. The maximum Gasteiger partial charge on any atom is 0.235 e. The first-order valence-corrected chi connectivity index (χ1v) is 5.47. The highest BCUT2D eigenvalue weighted by molar-refractivity contribution is 9.09. The van der Waals surface area contributed by atoms with E-state index in [0.717, 1.165) is 11.1 Å². The Labute approximate surface area is 92.6 Å². The molecule has 2 N–H and O–H groups in total. The summed E-state index contributed by atoms with van der Waals surface area (Å²) >= 11 is 3.29. The van der Waals surface area contributed by atoms with Gasteiger partial charge < -0.3 is 5.73 Å². The van der Waals surface area contributed by atoms with Gasteiger partial charge in [0, 0.05) is 0 Å². The normalized spacial score (nSPS) is 12.9. The van der Waals surface area contributed by atoms with Crippen LogP contribution in [-0.4, -0.2) is 5.91 Å². The molecule has 0 saturated heterocycles. The van der Waals surface area contributed by atoms with Crippen LogP contribution in [0.15, 0.2) is 24.3 Å². The van der Waals surface area contributed by atoms with Crippen LogP contribution < -0.4 is 5.73 Å². The summed E-state index contributed by atoms with van der Waals surface area (Å²) in [6, 6.07) is 7.84. The molecule has 0 aliphatic carbocycles. The van der Waals surface area contributed by atoms with Gasteiger partial charge in [0.2, 0.25) is 5.91 Å². The molecular weight excluding hydrogens is 242 g/mol. The van der Waals surface area contributed by atoms with Gasteiger partial charge >= 0.3 is 0 Å². The number of benzene rings is 1. The zero-order valence-corrected chi connectivity index (χ0v) is 9.91. The van der Waals surface area contributed by atoms with Crippen LogP contribution in [0.3, 0.4) is 0 Å². The van der Waals surface area contributed by atoms with Gasteiger partial charge in [-0.3, -0.25) is 4.79 Å². The molecule has 0 fully saturated rings. The third-order valence-electron chi connectivity index (χ3n) is 2.14. The van der Waals surface area contributed by atoms with Crippen LogP contribution in [0.4, 0.5) is 0 Å². The van der Waals surface area contributed by atoms with Gasteiger partial charge in [0.1, 0.15) is 4.83 Å². The lowest BCUT2D eigenvalue weighted by Crippen LogP contribution is -2.18. The summed E-state index contributed by atoms with van der Waals surface area (Å²) in [5, 5.41) is 0. The topological polar surface area (TPSA) is 43.1 Å². The number of hydrogen-bond donors (Lipinski definition) is 1. The van der Waals surface area contributed by atoms with E-state index >= 15 is 0 Å². The number of amides is 1. The van der Waals surface area contributed by atoms with Crippen LogP contribution in [0, 0.1) is 0 Å². The third kappa shape index (κ3) is 2.35. The molecule has 0 heterocycles. The molecule has 0 aromatic heterocycles. The van der Waals surface area contributed by atoms with Crippen LogP contribution >= 0.6 is 15.9 Å². The van der Waals surface area contributed by atoms with Gasteiger partial charge in [-0.05, 0) is 17.0 Å². The predicted molar refractivity (Wildman–Crippen MR) is 61.4 cm³/mol. The minimum Gasteiger partial charge on any atom is -0.368 e. The van der Waals surface area contributed by atoms with Crippen molar-refractivity contribution in [2.24, 2.45) is 5.73 Å². The molecule has 76 valence electrons. The summed E-state index contributed by atoms with van der Waals surface area (Å²) in [6.45, 7) is 4.19. The lowest BCUT2D eigenvalue weighted by molar-refractivity contribution is -0.117. The van der Waals surface area contributed by atoms with Crippen molar-refractivity contribution in [3.05, 3.63) is 35.4 Å². The summed E-state index contributed by atoms with van der Waals surface area (Å²) < 4.78 is 0. The Morgan fingerprint density at radius 2 is 1.79 bits per heavy atom. The van der Waals surface area contributed by atoms with Gasteiger partial charge in [-0.1, -0.05) is 54.0 Å². The van der Waals surface area contributed by atoms with Crippen molar-refractivity contribution in [1.29, 1.82) is 0 Å². The Bertz CT molecular complexity index is 336. The van der Waals surface area contributed by atoms with E-state index in [1.807, 2.05) is 24.3 Å². The van der Waals surface area contributed by atoms with Gasteiger partial charge in [-0.15, -0.1) is 0 Å². The minimum atomic E-state index is -0.388. The zero-order valence-electron chi connectivity index (χ0n) is 8.33. The molecule has 1 atom stereocenters. The van der Waals surface area contributed by atoms with Crippen LogP contribution in [0.25, 0.3) is 0 Å². The lowest BCUT2D eigenvalue weighted by atomic mass is 9.95. The molecule has 0 bridgehead atoms. The van der Waals surface area contributed by atoms with Gasteiger partial charge in [0.05, 0.1) is 0 Å². The van der Waals surface area contributed by atoms with E-state index in [2.05, 4.69) is 29.8 Å². The number of primary amides is 1. The second kappa shape index (κ2) is 4.60. The second-order valence-electron chi connectivity index (χ2n) is 3.55. The van der Waals surface area contributed by atoms with E-state index in [0.29, 0.717) is 5.92 Å². The molecule has 0 saturated carbocycles. The highest BCUT2D eigenvalue weighted by Crippen LogP contribution is 2.29. The van der Waals surface area contributed by atoms with E-state index in [4.69, 9.17) is 5.73 Å². The molecule has 1 rings (SSSR count). The number of halogens is 1. The van der Waals surface area contributed by atoms with Crippen molar-refractivity contribution in [2.45, 2.75) is 24.6 Å². The number of alkyl halides is 1. The summed E-state index contributed by atoms with van der Waals surface area (Å²) in [7, 11) is 0. The zero-order chi connectivity index (χ0) is 10.7. The van der Waals surface area contributed by atoms with Crippen molar-refractivity contribution in [3.63, 3.8) is 0 Å². The quantitative estimate of drug-likeness (QED) is 0.830. The maximum absolute atomic E-state index is 11.0. The van der Waals surface area contributed by atoms with E-state index in [1.54, 1.807) is 0 Å². The molecule has 0 radical (unpaired) electrons. The number of carbonyl (C=O) groups excluding carboxylic acids is 1. The maximum atomic E-state index is 11.0. The van der Waals surface area contributed by atoms with Crippen LogP contribution in [0.1, 0.15) is 35.7 Å². The Balaban J connectivity index is 3.13. The number of carbonyl (C=O) groups is 1. The van der Waals surface area contributed by atoms with E-state index in [9.17, 15) is 4.79 Å². The van der Waals surface area contributed by atoms with Crippen molar-refractivity contribution in [2.75, 3.05) is 0 Å². The van der Waals surface area contributed by atoms with Gasteiger partial charge in [-0.2, -0.15) is 0 Å². The first-order valence-electron chi connectivity index (χ1n) is 4.56. The van der Waals surface area contributed by atoms with Crippen LogP contribution in [0.5, 0.6) is 0 Å². The average molecular weight is 256 g/mol. The largest absolute Gasteiger partial charge is 0.368 e. The summed E-state index contributed by atoms with van der Waals surface area (Å²) in [5.74, 6) is 0.0451. The van der Waals surface area contributed by atoms with Crippen molar-refractivity contribution >= 4 is 21.8 Å². The monoisotopic (exact) mass is 255 g/mol. The first kappa shape index (κ1) is 11.2. The molecule has 1 aromatic rings. The first-order chi connectivity index (χ1) is 6.54. The Kier molecular flexibility index (Phi) is 3.69. The van der Waals surface area contributed by atoms with E-state index in [1.165, 1.54) is 0 Å². The molecule has 3 heteroatoms. The summed E-state index contributed by atoms with van der Waals surface area (Å²) in [5.41, 5.74) is 7.38. The van der Waals surface area contributed by atoms with Gasteiger partial charge in [-0.25, -0.2) is 0 Å². The third-order valence-corrected chi connectivity index (χ3v) is 3.09. The molecule has 2 nitrogen and oxygen atoms in total. The second-order valence-corrected chi connectivity index (χ2v) is 4.46. The number of nitrogens with two attached hydrogens (primary N) is 1. The van der Waals surface area contributed by atoms with Crippen molar-refractivity contribution in [1.82, 2.24) is 0 Å². The number of rotatable bonds is 3. The highest BCUT2D eigenvalue weighted by Gasteiger charge is 2.17. The molecule has 0 spiro atoms. The molecule has 1 amide bonds. The molecule has 0 aliphatic rings. The minimum absolute atomic E-state index is 0.349. The van der Waals surface area contributed by atoms with Crippen molar-refractivity contribution < 1.29 is 4.79 Å². The Morgan fingerprint density at radius 3 is 2.21 bits per heavy atom. The van der Waals surface area contributed by atoms with Gasteiger partial charge in [0.25, 0.3) is 0 Å². The standard InChI is InChI=1S/C11H14BrNO/c1-7(2)8-5-3-4-6-9(8)10(12)11(13)14/h3-7,10H,1-2H3,(H2,13,14). The Morgan fingerprint density at radius 1 is 1.29 bits per heavy atom. The summed E-state index contributed by atoms with van der Waals surface area (Å²) in [4.78, 5) is 10.7. The summed E-state index contributed by atoms with van der Waals surface area (Å²) in [6.07, 6.45) is 0. The van der Waals surface area contributed by atoms with E-state index in [-0.39, 0.29) is 10.7 Å². The SMILES string of the molecule is CC(C)c1ccccc1C(Br)C(N)=O. The fraction of sp³-hybridized carbons (Fsp3) is 0.364. The predicted octanol–water partition coefficient (Wildman–Crippen LogP) is 2.73. The van der Waals surface area contributed by atoms with Gasteiger partial charge in [0.15, 0.2) is 0 Å². The van der Waals surface area contributed by atoms with Crippen LogP contribution in [0.2, 0.25) is 0 Å².